The predicted octanol–water partition coefficient (Wildman–Crippen LogP) is 3.04. The summed E-state index contributed by atoms with van der Waals surface area (Å²) < 4.78 is 27.6. The first-order chi connectivity index (χ1) is 14.0. The van der Waals surface area contributed by atoms with Gasteiger partial charge in [0.05, 0.1) is 16.6 Å². The van der Waals surface area contributed by atoms with Gasteiger partial charge in [-0.3, -0.25) is 9.78 Å². The highest BCUT2D eigenvalue weighted by Gasteiger charge is 2.28. The van der Waals surface area contributed by atoms with Crippen LogP contribution in [0.3, 0.4) is 0 Å². The number of rotatable bonds is 7. The lowest BCUT2D eigenvalue weighted by atomic mass is 10.0. The largest absolute Gasteiger partial charge is 0.340 e. The molecule has 4 rings (SSSR count). The van der Waals surface area contributed by atoms with Gasteiger partial charge in [-0.15, -0.1) is 0 Å². The lowest BCUT2D eigenvalue weighted by Gasteiger charge is -2.19. The van der Waals surface area contributed by atoms with Crippen molar-refractivity contribution in [3.05, 3.63) is 95.8 Å². The highest BCUT2D eigenvalue weighted by Crippen LogP contribution is 2.23. The number of amides is 1. The minimum atomic E-state index is -3.63. The Morgan fingerprint density at radius 3 is 2.41 bits per heavy atom. The lowest BCUT2D eigenvalue weighted by Crippen LogP contribution is -2.30. The number of benzene rings is 2. The van der Waals surface area contributed by atoms with Crippen LogP contribution < -0.4 is 10.0 Å². The average Bonchev–Trinajstić information content (AvgIpc) is 3.56. The Balaban J connectivity index is 1.60. The molecular formula is C22H21N3O3S. The highest BCUT2D eigenvalue weighted by molar-refractivity contribution is 7.89. The first-order valence-corrected chi connectivity index (χ1v) is 10.9. The van der Waals surface area contributed by atoms with Gasteiger partial charge in [0, 0.05) is 17.8 Å². The second-order valence-corrected chi connectivity index (χ2v) is 8.71. The van der Waals surface area contributed by atoms with Crippen molar-refractivity contribution in [2.75, 3.05) is 0 Å². The molecule has 6 nitrogen and oxygen atoms in total. The van der Waals surface area contributed by atoms with E-state index in [9.17, 15) is 13.2 Å². The van der Waals surface area contributed by atoms with Crippen LogP contribution >= 0.6 is 0 Å². The third-order valence-electron chi connectivity index (χ3n) is 4.70. The molecule has 1 aromatic heterocycles. The highest BCUT2D eigenvalue weighted by atomic mass is 32.2. The van der Waals surface area contributed by atoms with E-state index in [1.807, 2.05) is 48.5 Å². The van der Waals surface area contributed by atoms with E-state index in [-0.39, 0.29) is 22.4 Å². The number of pyridine rings is 1. The summed E-state index contributed by atoms with van der Waals surface area (Å²) in [7, 11) is -3.63. The quantitative estimate of drug-likeness (QED) is 0.630. The van der Waals surface area contributed by atoms with Crippen LogP contribution in [0.25, 0.3) is 0 Å². The van der Waals surface area contributed by atoms with Gasteiger partial charge < -0.3 is 5.32 Å². The summed E-state index contributed by atoms with van der Waals surface area (Å²) in [5.41, 5.74) is 1.87. The van der Waals surface area contributed by atoms with E-state index in [2.05, 4.69) is 15.0 Å². The Morgan fingerprint density at radius 2 is 1.72 bits per heavy atom. The van der Waals surface area contributed by atoms with Gasteiger partial charge in [0.15, 0.2) is 0 Å². The van der Waals surface area contributed by atoms with Crippen LogP contribution in [0.15, 0.2) is 83.9 Å². The standard InChI is InChI=1S/C22H21N3O3S/c26-22(17-9-6-10-19(15-17)29(27,28)25-18-12-13-18)24-21(16-7-2-1-3-8-16)20-11-4-5-14-23-20/h1-11,14-15,18,21,25H,12-13H2,(H,24,26). The molecule has 7 heteroatoms. The molecule has 2 N–H and O–H groups in total. The number of nitrogens with one attached hydrogen (secondary N) is 2. The van der Waals surface area contributed by atoms with Crippen LogP contribution in [0, 0.1) is 0 Å². The van der Waals surface area contributed by atoms with E-state index in [0.29, 0.717) is 5.69 Å². The minimum Gasteiger partial charge on any atom is -0.340 e. The maximum atomic E-state index is 13.0. The molecule has 1 unspecified atom stereocenters. The molecule has 0 radical (unpaired) electrons. The van der Waals surface area contributed by atoms with E-state index in [4.69, 9.17) is 0 Å². The molecule has 0 bridgehead atoms. The fourth-order valence-electron chi connectivity index (χ4n) is 3.03. The number of nitrogens with zero attached hydrogens (tertiary/aromatic N) is 1. The third kappa shape index (κ3) is 4.70. The van der Waals surface area contributed by atoms with Gasteiger partial charge in [-0.25, -0.2) is 13.1 Å². The second kappa shape index (κ2) is 8.14. The van der Waals surface area contributed by atoms with Gasteiger partial charge in [0.1, 0.15) is 0 Å². The normalized spacial score (nSPS) is 14.9. The maximum absolute atomic E-state index is 13.0. The Hall–Kier alpha value is -3.03. The summed E-state index contributed by atoms with van der Waals surface area (Å²) in [6.45, 7) is 0. The molecule has 1 atom stereocenters. The Kier molecular flexibility index (Phi) is 5.42. The van der Waals surface area contributed by atoms with Crippen LogP contribution in [0.4, 0.5) is 0 Å². The molecule has 29 heavy (non-hydrogen) atoms. The first-order valence-electron chi connectivity index (χ1n) is 9.42. The number of hydrogen-bond donors (Lipinski definition) is 2. The first kappa shape index (κ1) is 19.3. The molecule has 0 saturated heterocycles. The monoisotopic (exact) mass is 407 g/mol. The summed E-state index contributed by atoms with van der Waals surface area (Å²) >= 11 is 0. The van der Waals surface area contributed by atoms with E-state index >= 15 is 0 Å². The van der Waals surface area contributed by atoms with Crippen molar-refractivity contribution in [2.45, 2.75) is 29.8 Å². The molecule has 3 aromatic rings. The maximum Gasteiger partial charge on any atom is 0.252 e. The fourth-order valence-corrected chi connectivity index (χ4v) is 4.38. The van der Waals surface area contributed by atoms with E-state index in [0.717, 1.165) is 18.4 Å². The van der Waals surface area contributed by atoms with Crippen LogP contribution in [-0.2, 0) is 10.0 Å². The van der Waals surface area contributed by atoms with Crippen molar-refractivity contribution in [1.29, 1.82) is 0 Å². The van der Waals surface area contributed by atoms with Crippen LogP contribution in [-0.4, -0.2) is 25.4 Å². The van der Waals surface area contributed by atoms with Gasteiger partial charge in [-0.2, -0.15) is 0 Å². The predicted molar refractivity (Wildman–Crippen MR) is 110 cm³/mol. The van der Waals surface area contributed by atoms with Gasteiger partial charge >= 0.3 is 0 Å². The topological polar surface area (TPSA) is 88.2 Å². The summed E-state index contributed by atoms with van der Waals surface area (Å²) in [4.78, 5) is 17.4. The van der Waals surface area contributed by atoms with Gasteiger partial charge in [-0.05, 0) is 48.7 Å². The van der Waals surface area contributed by atoms with Gasteiger partial charge in [-0.1, -0.05) is 42.5 Å². The average molecular weight is 407 g/mol. The number of aromatic nitrogens is 1. The number of carbonyl (C=O) groups excluding carboxylic acids is 1. The van der Waals surface area contributed by atoms with Gasteiger partial charge in [0.2, 0.25) is 10.0 Å². The molecule has 1 aliphatic rings. The molecule has 0 aliphatic heterocycles. The summed E-state index contributed by atoms with van der Waals surface area (Å²) in [5.74, 6) is -0.368. The van der Waals surface area contributed by atoms with Crippen molar-refractivity contribution in [1.82, 2.24) is 15.0 Å². The number of hydrogen-bond acceptors (Lipinski definition) is 4. The molecule has 0 spiro atoms. The van der Waals surface area contributed by atoms with E-state index < -0.39 is 16.1 Å². The molecular weight excluding hydrogens is 386 g/mol. The molecule has 1 heterocycles. The smallest absolute Gasteiger partial charge is 0.252 e. The number of carbonyl (C=O) groups is 1. The third-order valence-corrected chi connectivity index (χ3v) is 6.22. The zero-order valence-electron chi connectivity index (χ0n) is 15.7. The summed E-state index contributed by atoms with van der Waals surface area (Å²) in [5, 5.41) is 2.98. The van der Waals surface area contributed by atoms with Crippen LogP contribution in [0.2, 0.25) is 0 Å². The van der Waals surface area contributed by atoms with E-state index in [1.165, 1.54) is 12.1 Å². The summed E-state index contributed by atoms with van der Waals surface area (Å²) in [6.07, 6.45) is 3.37. The molecule has 2 aromatic carbocycles. The van der Waals surface area contributed by atoms with Crippen molar-refractivity contribution in [2.24, 2.45) is 0 Å². The summed E-state index contributed by atoms with van der Waals surface area (Å²) in [6, 6.07) is 20.7. The minimum absolute atomic E-state index is 0.00380. The second-order valence-electron chi connectivity index (χ2n) is 7.00. The fraction of sp³-hybridized carbons (Fsp3) is 0.182. The van der Waals surface area contributed by atoms with Crippen LogP contribution in [0.5, 0.6) is 0 Å². The molecule has 1 aliphatic carbocycles. The van der Waals surface area contributed by atoms with Crippen molar-refractivity contribution >= 4 is 15.9 Å². The van der Waals surface area contributed by atoms with Crippen LogP contribution in [0.1, 0.15) is 40.5 Å². The zero-order valence-corrected chi connectivity index (χ0v) is 16.5. The van der Waals surface area contributed by atoms with Gasteiger partial charge in [0.25, 0.3) is 5.91 Å². The van der Waals surface area contributed by atoms with Crippen molar-refractivity contribution in [3.63, 3.8) is 0 Å². The Morgan fingerprint density at radius 1 is 0.966 bits per heavy atom. The number of sulfonamides is 1. The van der Waals surface area contributed by atoms with Crippen molar-refractivity contribution < 1.29 is 13.2 Å². The molecule has 148 valence electrons. The Labute approximate surface area is 170 Å². The molecule has 1 saturated carbocycles. The zero-order chi connectivity index (χ0) is 20.3. The molecule has 1 fully saturated rings. The Bertz CT molecular complexity index is 1060. The van der Waals surface area contributed by atoms with Crippen molar-refractivity contribution in [3.8, 4) is 0 Å². The SMILES string of the molecule is O=C(NC(c1ccccc1)c1ccccn1)c1cccc(S(=O)(=O)NC2CC2)c1. The molecule has 1 amide bonds. The van der Waals surface area contributed by atoms with E-state index in [1.54, 1.807) is 18.3 Å². The lowest BCUT2D eigenvalue weighted by molar-refractivity contribution is 0.0942.